The Morgan fingerprint density at radius 3 is 2.60 bits per heavy atom. The number of halogens is 2. The molecule has 6 nitrogen and oxygen atoms in total. The third-order valence-electron chi connectivity index (χ3n) is 6.05. The highest BCUT2D eigenvalue weighted by Crippen LogP contribution is 2.40. The first kappa shape index (κ1) is 18.9. The first-order valence-electron chi connectivity index (χ1n) is 9.97. The molecule has 1 saturated heterocycles. The molecular weight excluding hydrogens is 392 g/mol. The van der Waals surface area contributed by atoms with Gasteiger partial charge in [-0.2, -0.15) is 0 Å². The van der Waals surface area contributed by atoms with Crippen molar-refractivity contribution in [2.45, 2.75) is 32.2 Å². The molecule has 0 bridgehead atoms. The van der Waals surface area contributed by atoms with Crippen LogP contribution in [0.4, 0.5) is 8.78 Å². The van der Waals surface area contributed by atoms with Gasteiger partial charge in [-0.1, -0.05) is 11.6 Å². The van der Waals surface area contributed by atoms with Gasteiger partial charge in [0.05, 0.1) is 16.5 Å². The highest BCUT2D eigenvalue weighted by atomic mass is 19.1. The van der Waals surface area contributed by atoms with Crippen LogP contribution in [0.15, 0.2) is 28.8 Å². The first-order valence-corrected chi connectivity index (χ1v) is 9.97. The minimum atomic E-state index is -0.811. The van der Waals surface area contributed by atoms with Gasteiger partial charge in [0.15, 0.2) is 5.58 Å². The zero-order valence-electron chi connectivity index (χ0n) is 16.3. The van der Waals surface area contributed by atoms with Crippen LogP contribution in [0, 0.1) is 11.6 Å². The van der Waals surface area contributed by atoms with E-state index in [1.54, 1.807) is 6.07 Å². The number of hydrogen-bond acceptors (Lipinski definition) is 5. The highest BCUT2D eigenvalue weighted by Gasteiger charge is 2.36. The lowest BCUT2D eigenvalue weighted by Gasteiger charge is -2.33. The van der Waals surface area contributed by atoms with Crippen molar-refractivity contribution in [1.29, 1.82) is 0 Å². The molecule has 0 aliphatic carbocycles. The van der Waals surface area contributed by atoms with Crippen LogP contribution in [0.5, 0.6) is 0 Å². The molecule has 2 aliphatic rings. The molecule has 2 amide bonds. The zero-order chi connectivity index (χ0) is 21.0. The fourth-order valence-corrected chi connectivity index (χ4v) is 4.47. The summed E-state index contributed by atoms with van der Waals surface area (Å²) < 4.78 is 34.6. The number of fused-ring (bicyclic) bond motifs is 2. The molecule has 2 aliphatic heterocycles. The normalized spacial score (nSPS) is 18.0. The summed E-state index contributed by atoms with van der Waals surface area (Å²) in [6, 6.07) is 5.27. The maximum Gasteiger partial charge on any atom is 0.261 e. The number of amides is 2. The minimum Gasteiger partial charge on any atom is -0.356 e. The maximum atomic E-state index is 15.8. The number of carbonyl (C=O) groups excluding carboxylic acids is 2. The van der Waals surface area contributed by atoms with Gasteiger partial charge in [-0.15, -0.1) is 0 Å². The van der Waals surface area contributed by atoms with Gasteiger partial charge in [0.2, 0.25) is 0 Å². The molecule has 0 spiro atoms. The predicted octanol–water partition coefficient (Wildman–Crippen LogP) is 4.20. The number of rotatable bonds is 3. The topological polar surface area (TPSA) is 75.4 Å². The second-order valence-electron chi connectivity index (χ2n) is 7.80. The van der Waals surface area contributed by atoms with Gasteiger partial charge in [-0.3, -0.25) is 19.8 Å². The Morgan fingerprint density at radius 2 is 1.83 bits per heavy atom. The second kappa shape index (κ2) is 6.98. The highest BCUT2D eigenvalue weighted by molar-refractivity contribution is 6.22. The van der Waals surface area contributed by atoms with Gasteiger partial charge in [0.1, 0.15) is 17.3 Å². The summed E-state index contributed by atoms with van der Waals surface area (Å²) in [7, 11) is 0. The van der Waals surface area contributed by atoms with Crippen LogP contribution < -0.4 is 5.32 Å². The molecule has 3 aromatic rings. The van der Waals surface area contributed by atoms with Gasteiger partial charge in [0.25, 0.3) is 11.8 Å². The molecule has 2 aromatic carbocycles. The van der Waals surface area contributed by atoms with Crippen molar-refractivity contribution >= 4 is 22.8 Å². The van der Waals surface area contributed by atoms with Crippen molar-refractivity contribution in [3.05, 3.63) is 52.6 Å². The zero-order valence-corrected chi connectivity index (χ0v) is 16.3. The van der Waals surface area contributed by atoms with E-state index in [1.807, 2.05) is 6.92 Å². The van der Waals surface area contributed by atoms with Crippen LogP contribution >= 0.6 is 0 Å². The van der Waals surface area contributed by atoms with Gasteiger partial charge in [-0.05, 0) is 56.6 Å². The lowest BCUT2D eigenvalue weighted by atomic mass is 9.90. The van der Waals surface area contributed by atoms with Gasteiger partial charge in [-0.25, -0.2) is 8.78 Å². The van der Waals surface area contributed by atoms with Crippen LogP contribution in [0.3, 0.4) is 0 Å². The summed E-state index contributed by atoms with van der Waals surface area (Å²) in [5.74, 6) is -2.69. The Hall–Kier alpha value is -3.13. The predicted molar refractivity (Wildman–Crippen MR) is 105 cm³/mol. The molecule has 5 rings (SSSR count). The maximum absolute atomic E-state index is 15.8. The summed E-state index contributed by atoms with van der Waals surface area (Å²) in [5.41, 5.74) is 0.777. The summed E-state index contributed by atoms with van der Waals surface area (Å²) in [6.07, 6.45) is 3.22. The summed E-state index contributed by atoms with van der Waals surface area (Å²) in [5, 5.41) is 6.61. The molecule has 1 N–H and O–H groups in total. The van der Waals surface area contributed by atoms with E-state index in [9.17, 15) is 14.0 Å². The number of benzene rings is 2. The number of nitrogens with zero attached hydrogens (tertiary/aromatic N) is 2. The number of hydrogen-bond donors (Lipinski definition) is 1. The minimum absolute atomic E-state index is 0.0268. The Morgan fingerprint density at radius 1 is 1.07 bits per heavy atom. The van der Waals surface area contributed by atoms with Crippen molar-refractivity contribution in [2.24, 2.45) is 0 Å². The van der Waals surface area contributed by atoms with Crippen molar-refractivity contribution in [3.8, 4) is 11.3 Å². The number of piperidine rings is 1. The van der Waals surface area contributed by atoms with Gasteiger partial charge >= 0.3 is 0 Å². The van der Waals surface area contributed by atoms with E-state index in [-0.39, 0.29) is 34.0 Å². The van der Waals surface area contributed by atoms with Crippen LogP contribution in [0.25, 0.3) is 22.2 Å². The number of imide groups is 1. The molecule has 1 fully saturated rings. The standard InChI is InChI=1S/C22H19F2N3O3/c1-11(27-7-3-2-4-8-27)14-10-15-18(22(29)25-21(15)28)19(24)17(14)20-13-6-5-12(23)9-16(13)30-26-20/h5-6,9-11H,2-4,7-8H2,1H3,(H,25,28,29). The lowest BCUT2D eigenvalue weighted by Crippen LogP contribution is -2.32. The molecule has 3 heterocycles. The van der Waals surface area contributed by atoms with E-state index in [4.69, 9.17) is 4.52 Å². The van der Waals surface area contributed by atoms with E-state index in [2.05, 4.69) is 15.4 Å². The first-order chi connectivity index (χ1) is 14.5. The molecule has 1 unspecified atom stereocenters. The average Bonchev–Trinajstić information content (AvgIpc) is 3.27. The fourth-order valence-electron chi connectivity index (χ4n) is 4.47. The van der Waals surface area contributed by atoms with Gasteiger partial charge < -0.3 is 4.52 Å². The number of likely N-dealkylation sites (tertiary alicyclic amines) is 1. The summed E-state index contributed by atoms with van der Waals surface area (Å²) in [4.78, 5) is 26.7. The molecule has 1 atom stereocenters. The van der Waals surface area contributed by atoms with Crippen LogP contribution in [-0.2, 0) is 0 Å². The van der Waals surface area contributed by atoms with E-state index in [1.165, 1.54) is 18.2 Å². The third kappa shape index (κ3) is 2.82. The Labute approximate surface area is 170 Å². The van der Waals surface area contributed by atoms with E-state index >= 15 is 4.39 Å². The van der Waals surface area contributed by atoms with Crippen molar-refractivity contribution in [3.63, 3.8) is 0 Å². The van der Waals surface area contributed by atoms with E-state index < -0.39 is 23.4 Å². The monoisotopic (exact) mass is 411 g/mol. The molecule has 1 aromatic heterocycles. The van der Waals surface area contributed by atoms with Crippen molar-refractivity contribution in [2.75, 3.05) is 13.1 Å². The summed E-state index contributed by atoms with van der Waals surface area (Å²) >= 11 is 0. The molecule has 154 valence electrons. The molecule has 8 heteroatoms. The largest absolute Gasteiger partial charge is 0.356 e. The SMILES string of the molecule is CC(c1cc2c(c(F)c1-c1noc3cc(F)ccc13)C(=O)NC2=O)N1CCCCC1. The Bertz CT molecular complexity index is 1200. The molecule has 0 saturated carbocycles. The summed E-state index contributed by atoms with van der Waals surface area (Å²) in [6.45, 7) is 3.66. The number of carbonyl (C=O) groups is 2. The average molecular weight is 411 g/mol. The molecule has 0 radical (unpaired) electrons. The number of aromatic nitrogens is 1. The quantitative estimate of drug-likeness (QED) is 0.654. The van der Waals surface area contributed by atoms with Crippen LogP contribution in [-0.4, -0.2) is 35.0 Å². The van der Waals surface area contributed by atoms with E-state index in [0.717, 1.165) is 32.4 Å². The van der Waals surface area contributed by atoms with Crippen LogP contribution in [0.2, 0.25) is 0 Å². The Balaban J connectivity index is 1.76. The fraction of sp³-hybridized carbons (Fsp3) is 0.318. The van der Waals surface area contributed by atoms with E-state index in [0.29, 0.717) is 10.9 Å². The van der Waals surface area contributed by atoms with Crippen molar-refractivity contribution in [1.82, 2.24) is 15.4 Å². The van der Waals surface area contributed by atoms with Gasteiger partial charge in [0, 0.05) is 17.7 Å². The lowest BCUT2D eigenvalue weighted by molar-refractivity contribution is 0.0878. The smallest absolute Gasteiger partial charge is 0.261 e. The molecular formula is C22H19F2N3O3. The van der Waals surface area contributed by atoms with Crippen LogP contribution in [0.1, 0.15) is 58.5 Å². The second-order valence-corrected chi connectivity index (χ2v) is 7.80. The Kier molecular flexibility index (Phi) is 4.39. The third-order valence-corrected chi connectivity index (χ3v) is 6.05. The number of nitrogens with one attached hydrogen (secondary N) is 1. The molecule has 30 heavy (non-hydrogen) atoms. The van der Waals surface area contributed by atoms with Crippen molar-refractivity contribution < 1.29 is 22.9 Å².